The molecule has 6 nitrogen and oxygen atoms in total. The van der Waals surface area contributed by atoms with Crippen LogP contribution in [0.4, 0.5) is 4.39 Å². The molecule has 210 valence electrons. The highest BCUT2D eigenvalue weighted by molar-refractivity contribution is 14.1. The van der Waals surface area contributed by atoms with E-state index in [9.17, 15) is 14.0 Å². The smallest absolute Gasteiger partial charge is 0.338 e. The van der Waals surface area contributed by atoms with Crippen LogP contribution < -0.4 is 19.6 Å². The van der Waals surface area contributed by atoms with Crippen molar-refractivity contribution in [3.05, 3.63) is 128 Å². The summed E-state index contributed by atoms with van der Waals surface area (Å²) < 4.78 is 28.3. The SMILES string of the molecule is CCOC(=O)C1=C(C)N=c2s/c(=C\c3cc(Cl)cc(I)c3OCc3ccccc3F)c(=O)n2[C@@H]1c1ccc(C)cc1. The van der Waals surface area contributed by atoms with E-state index in [-0.39, 0.29) is 24.6 Å². The van der Waals surface area contributed by atoms with E-state index in [0.717, 1.165) is 11.1 Å². The predicted molar refractivity (Wildman–Crippen MR) is 166 cm³/mol. The minimum absolute atomic E-state index is 0.00190. The molecule has 0 fully saturated rings. The lowest BCUT2D eigenvalue weighted by Gasteiger charge is -2.24. The minimum atomic E-state index is -0.704. The highest BCUT2D eigenvalue weighted by Gasteiger charge is 2.33. The third-order valence-electron chi connectivity index (χ3n) is 6.56. The van der Waals surface area contributed by atoms with Gasteiger partial charge in [-0.1, -0.05) is 71.0 Å². The molecule has 10 heteroatoms. The topological polar surface area (TPSA) is 69.9 Å². The van der Waals surface area contributed by atoms with Gasteiger partial charge in [-0.3, -0.25) is 9.36 Å². The molecule has 0 radical (unpaired) electrons. The first-order valence-corrected chi connectivity index (χ1v) is 15.1. The van der Waals surface area contributed by atoms with Gasteiger partial charge in [-0.05, 0) is 73.2 Å². The Hall–Kier alpha value is -3.28. The zero-order chi connectivity index (χ0) is 29.3. The highest BCUT2D eigenvalue weighted by Crippen LogP contribution is 2.33. The summed E-state index contributed by atoms with van der Waals surface area (Å²) in [5.41, 5.74) is 3.29. The van der Waals surface area contributed by atoms with Crippen molar-refractivity contribution in [2.45, 2.75) is 33.4 Å². The second-order valence-electron chi connectivity index (χ2n) is 9.40. The van der Waals surface area contributed by atoms with Gasteiger partial charge in [0.05, 0.1) is 32.0 Å². The number of rotatable bonds is 7. The van der Waals surface area contributed by atoms with Crippen molar-refractivity contribution in [3.63, 3.8) is 0 Å². The molecule has 0 N–H and O–H groups in total. The number of esters is 1. The van der Waals surface area contributed by atoms with E-state index in [1.165, 1.54) is 22.0 Å². The van der Waals surface area contributed by atoms with E-state index in [1.807, 2.05) is 31.2 Å². The van der Waals surface area contributed by atoms with Crippen molar-refractivity contribution in [2.24, 2.45) is 4.99 Å². The summed E-state index contributed by atoms with van der Waals surface area (Å²) in [6.07, 6.45) is 1.70. The molecule has 5 rings (SSSR count). The van der Waals surface area contributed by atoms with Crippen LogP contribution in [0.25, 0.3) is 6.08 Å². The Balaban J connectivity index is 1.65. The van der Waals surface area contributed by atoms with Gasteiger partial charge in [0.2, 0.25) is 0 Å². The molecule has 41 heavy (non-hydrogen) atoms. The molecule has 1 aliphatic heterocycles. The van der Waals surface area contributed by atoms with Crippen LogP contribution in [-0.4, -0.2) is 17.1 Å². The predicted octanol–water partition coefficient (Wildman–Crippen LogP) is 6.08. The summed E-state index contributed by atoms with van der Waals surface area (Å²) in [6, 6.07) is 16.8. The molecule has 1 atom stereocenters. The Morgan fingerprint density at radius 1 is 1.17 bits per heavy atom. The summed E-state index contributed by atoms with van der Waals surface area (Å²) in [4.78, 5) is 32.2. The quantitative estimate of drug-likeness (QED) is 0.173. The number of hydrogen-bond donors (Lipinski definition) is 0. The number of fused-ring (bicyclic) bond motifs is 1. The lowest BCUT2D eigenvalue weighted by atomic mass is 9.95. The number of ether oxygens (including phenoxy) is 2. The maximum absolute atomic E-state index is 14.3. The van der Waals surface area contributed by atoms with Gasteiger partial charge >= 0.3 is 5.97 Å². The molecule has 0 saturated heterocycles. The normalized spacial score (nSPS) is 15.0. The third-order valence-corrected chi connectivity index (χ3v) is 8.57. The van der Waals surface area contributed by atoms with Gasteiger partial charge < -0.3 is 9.47 Å². The number of aryl methyl sites for hydroxylation is 1. The Bertz CT molecular complexity index is 1860. The Morgan fingerprint density at radius 3 is 2.61 bits per heavy atom. The number of allylic oxidation sites excluding steroid dienone is 1. The first-order valence-electron chi connectivity index (χ1n) is 12.8. The number of carbonyl (C=O) groups excluding carboxylic acids is 1. The van der Waals surface area contributed by atoms with Crippen molar-refractivity contribution in [3.8, 4) is 5.75 Å². The lowest BCUT2D eigenvalue weighted by molar-refractivity contribution is -0.139. The number of aromatic nitrogens is 1. The van der Waals surface area contributed by atoms with Gasteiger partial charge in [-0.15, -0.1) is 0 Å². The zero-order valence-corrected chi connectivity index (χ0v) is 26.1. The van der Waals surface area contributed by atoms with Gasteiger partial charge in [0, 0.05) is 16.1 Å². The van der Waals surface area contributed by atoms with E-state index < -0.39 is 12.0 Å². The third kappa shape index (κ3) is 6.02. The molecule has 2 heterocycles. The second kappa shape index (κ2) is 12.3. The maximum atomic E-state index is 14.3. The average molecular weight is 703 g/mol. The fraction of sp³-hybridized carbons (Fsp3) is 0.194. The zero-order valence-electron chi connectivity index (χ0n) is 22.4. The maximum Gasteiger partial charge on any atom is 0.338 e. The number of benzene rings is 3. The van der Waals surface area contributed by atoms with E-state index in [2.05, 4.69) is 27.6 Å². The molecule has 0 aliphatic carbocycles. The number of hydrogen-bond acceptors (Lipinski definition) is 6. The number of carbonyl (C=O) groups is 1. The van der Waals surface area contributed by atoms with E-state index in [4.69, 9.17) is 21.1 Å². The van der Waals surface area contributed by atoms with Crippen LogP contribution in [0.1, 0.15) is 42.1 Å². The van der Waals surface area contributed by atoms with Gasteiger partial charge in [0.25, 0.3) is 5.56 Å². The number of nitrogens with zero attached hydrogens (tertiary/aromatic N) is 2. The van der Waals surface area contributed by atoms with Crippen LogP contribution in [0.3, 0.4) is 0 Å². The van der Waals surface area contributed by atoms with Crippen LogP contribution in [0.2, 0.25) is 5.02 Å². The molecular formula is C31H25ClFIN2O4S. The largest absolute Gasteiger partial charge is 0.487 e. The van der Waals surface area contributed by atoms with Crippen LogP contribution in [0, 0.1) is 16.3 Å². The number of halogens is 3. The molecule has 0 unspecified atom stereocenters. The van der Waals surface area contributed by atoms with Crippen molar-refractivity contribution < 1.29 is 18.7 Å². The van der Waals surface area contributed by atoms with Crippen LogP contribution >= 0.6 is 45.5 Å². The van der Waals surface area contributed by atoms with Crippen molar-refractivity contribution in [2.75, 3.05) is 6.61 Å². The van der Waals surface area contributed by atoms with Crippen molar-refractivity contribution in [1.29, 1.82) is 0 Å². The van der Waals surface area contributed by atoms with E-state index in [0.29, 0.717) is 46.1 Å². The summed E-state index contributed by atoms with van der Waals surface area (Å²) in [5, 5.41) is 0.463. The first kappa shape index (κ1) is 29.2. The highest BCUT2D eigenvalue weighted by atomic mass is 127. The summed E-state index contributed by atoms with van der Waals surface area (Å²) in [7, 11) is 0. The second-order valence-corrected chi connectivity index (χ2v) is 12.0. The Kier molecular flexibility index (Phi) is 8.77. The van der Waals surface area contributed by atoms with Gasteiger partial charge in [0.15, 0.2) is 4.80 Å². The summed E-state index contributed by atoms with van der Waals surface area (Å²) >= 11 is 9.71. The standard InChI is InChI=1S/C31H25ClFIN2O4S/c1-4-39-30(38)26-18(3)35-31-36(27(26)19-11-9-17(2)10-12-19)29(37)25(41-31)14-21-13-22(32)15-24(34)28(21)40-16-20-7-5-6-8-23(20)33/h5-15,27H,4,16H2,1-3H3/b25-14-/t27-/m1/s1. The lowest BCUT2D eigenvalue weighted by Crippen LogP contribution is -2.39. The average Bonchev–Trinajstić information content (AvgIpc) is 3.23. The fourth-order valence-corrected chi connectivity index (χ4v) is 6.85. The van der Waals surface area contributed by atoms with Gasteiger partial charge in [0.1, 0.15) is 18.2 Å². The molecule has 0 spiro atoms. The van der Waals surface area contributed by atoms with Crippen LogP contribution in [0.5, 0.6) is 5.75 Å². The molecular weight excluding hydrogens is 678 g/mol. The van der Waals surface area contributed by atoms with Gasteiger partial charge in [-0.25, -0.2) is 14.2 Å². The van der Waals surface area contributed by atoms with E-state index >= 15 is 0 Å². The Morgan fingerprint density at radius 2 is 1.90 bits per heavy atom. The minimum Gasteiger partial charge on any atom is -0.487 e. The summed E-state index contributed by atoms with van der Waals surface area (Å²) in [6.45, 7) is 5.66. The fourth-order valence-electron chi connectivity index (χ4n) is 4.60. The monoisotopic (exact) mass is 702 g/mol. The molecule has 0 amide bonds. The van der Waals surface area contributed by atoms with Crippen LogP contribution in [-0.2, 0) is 16.1 Å². The van der Waals surface area contributed by atoms with Crippen molar-refractivity contribution >= 4 is 57.6 Å². The molecule has 1 aromatic heterocycles. The molecule has 3 aromatic carbocycles. The first-order chi connectivity index (χ1) is 19.7. The molecule has 0 saturated carbocycles. The Labute approximate surface area is 258 Å². The number of thiazole rings is 1. The summed E-state index contributed by atoms with van der Waals surface area (Å²) in [5.74, 6) is -0.403. The van der Waals surface area contributed by atoms with E-state index in [1.54, 1.807) is 50.3 Å². The van der Waals surface area contributed by atoms with Crippen LogP contribution in [0.15, 0.2) is 81.7 Å². The molecule has 4 aromatic rings. The van der Waals surface area contributed by atoms with Gasteiger partial charge in [-0.2, -0.15) is 0 Å². The molecule has 0 bridgehead atoms. The molecule has 1 aliphatic rings. The van der Waals surface area contributed by atoms with Crippen molar-refractivity contribution in [1.82, 2.24) is 4.57 Å².